The molecule has 294 valence electrons. The first kappa shape index (κ1) is 46.8. The van der Waals surface area contributed by atoms with Crippen molar-refractivity contribution in [2.45, 2.75) is 185 Å². The number of phosphoric ester groups is 1. The van der Waals surface area contributed by atoms with Crippen molar-refractivity contribution >= 4 is 13.8 Å². The van der Waals surface area contributed by atoms with Gasteiger partial charge in [0.15, 0.2) is 0 Å². The number of aliphatic hydroxyl groups excluding tert-OH is 5. The zero-order valence-corrected chi connectivity index (χ0v) is 31.6. The first-order chi connectivity index (χ1) is 24.0. The molecule has 0 spiro atoms. The summed E-state index contributed by atoms with van der Waals surface area (Å²) in [5.74, 6) is -0.492. The number of rotatable bonds is 31. The molecule has 50 heavy (non-hydrogen) atoms. The van der Waals surface area contributed by atoms with Crippen molar-refractivity contribution in [2.75, 3.05) is 19.8 Å². The first-order valence-electron chi connectivity index (χ1n) is 19.2. The Bertz CT molecular complexity index is 931. The Labute approximate surface area is 300 Å². The van der Waals surface area contributed by atoms with Gasteiger partial charge < -0.3 is 39.9 Å². The highest BCUT2D eigenvalue weighted by Gasteiger charge is 2.51. The summed E-state index contributed by atoms with van der Waals surface area (Å²) in [5.41, 5.74) is 0. The van der Waals surface area contributed by atoms with Crippen molar-refractivity contribution < 1.29 is 58.3 Å². The van der Waals surface area contributed by atoms with Crippen molar-refractivity contribution in [3.05, 3.63) is 24.3 Å². The number of hydrogen-bond acceptors (Lipinski definition) is 11. The number of unbranched alkanes of at least 4 members (excludes halogenated alkanes) is 15. The van der Waals surface area contributed by atoms with Crippen LogP contribution in [0.1, 0.15) is 142 Å². The minimum absolute atomic E-state index is 0.0832. The Balaban J connectivity index is 2.50. The van der Waals surface area contributed by atoms with Gasteiger partial charge in [-0.2, -0.15) is 0 Å². The Kier molecular flexibility index (Phi) is 27.4. The number of carbonyl (C=O) groups excluding carboxylic acids is 1. The lowest BCUT2D eigenvalue weighted by atomic mass is 9.85. The molecule has 1 aliphatic rings. The quantitative estimate of drug-likeness (QED) is 0.0205. The number of esters is 1. The Morgan fingerprint density at radius 3 is 1.58 bits per heavy atom. The van der Waals surface area contributed by atoms with Gasteiger partial charge in [-0.05, 0) is 51.4 Å². The van der Waals surface area contributed by atoms with Gasteiger partial charge in [-0.3, -0.25) is 13.8 Å². The molecule has 1 saturated carbocycles. The highest BCUT2D eigenvalue weighted by molar-refractivity contribution is 7.47. The molecule has 0 radical (unpaired) electrons. The van der Waals surface area contributed by atoms with Crippen LogP contribution in [0.15, 0.2) is 24.3 Å². The summed E-state index contributed by atoms with van der Waals surface area (Å²) in [5, 5.41) is 49.9. The van der Waals surface area contributed by atoms with Crippen LogP contribution in [0.3, 0.4) is 0 Å². The smallest absolute Gasteiger partial charge is 0.457 e. The van der Waals surface area contributed by atoms with Gasteiger partial charge in [0.2, 0.25) is 0 Å². The lowest BCUT2D eigenvalue weighted by Crippen LogP contribution is -2.64. The molecule has 1 aliphatic carbocycles. The largest absolute Gasteiger partial charge is 0.472 e. The van der Waals surface area contributed by atoms with E-state index >= 15 is 0 Å². The third-order valence-electron chi connectivity index (χ3n) is 8.80. The van der Waals surface area contributed by atoms with Gasteiger partial charge in [0.25, 0.3) is 0 Å². The van der Waals surface area contributed by atoms with E-state index in [0.29, 0.717) is 13.0 Å². The molecule has 0 amide bonds. The van der Waals surface area contributed by atoms with Crippen LogP contribution in [-0.2, 0) is 27.9 Å². The SMILES string of the molecule is CCCC/C=C\CCCCCCCCOCC(COP(=O)(O)OC1C(O)C(O)C(O)C(O)C1O)OC(=O)CCCCCCC/C=C\CCCC. The summed E-state index contributed by atoms with van der Waals surface area (Å²) in [6.45, 7) is 4.12. The van der Waals surface area contributed by atoms with Crippen LogP contribution in [-0.4, -0.2) is 98.9 Å². The van der Waals surface area contributed by atoms with Gasteiger partial charge in [-0.25, -0.2) is 4.57 Å². The van der Waals surface area contributed by atoms with E-state index in [1.807, 2.05) is 0 Å². The second-order valence-corrected chi connectivity index (χ2v) is 14.8. The summed E-state index contributed by atoms with van der Waals surface area (Å²) in [7, 11) is -5.01. The molecule has 0 aromatic carbocycles. The van der Waals surface area contributed by atoms with E-state index in [9.17, 15) is 39.8 Å². The van der Waals surface area contributed by atoms with Gasteiger partial charge in [0, 0.05) is 13.0 Å². The Morgan fingerprint density at radius 2 is 1.06 bits per heavy atom. The van der Waals surface area contributed by atoms with Crippen LogP contribution < -0.4 is 0 Å². The molecule has 0 saturated heterocycles. The number of aliphatic hydroxyl groups is 5. The minimum Gasteiger partial charge on any atom is -0.457 e. The van der Waals surface area contributed by atoms with Gasteiger partial charge in [-0.1, -0.05) is 109 Å². The monoisotopic (exact) mass is 736 g/mol. The highest BCUT2D eigenvalue weighted by atomic mass is 31.2. The molecule has 1 fully saturated rings. The molecule has 1 rings (SSSR count). The van der Waals surface area contributed by atoms with E-state index in [2.05, 4.69) is 38.2 Å². The fraction of sp³-hybridized carbons (Fsp3) is 0.865. The van der Waals surface area contributed by atoms with Gasteiger partial charge >= 0.3 is 13.8 Å². The molecule has 0 bridgehead atoms. The fourth-order valence-electron chi connectivity index (χ4n) is 5.61. The van der Waals surface area contributed by atoms with E-state index < -0.39 is 63.1 Å². The van der Waals surface area contributed by atoms with Crippen LogP contribution >= 0.6 is 7.82 Å². The van der Waals surface area contributed by atoms with E-state index in [-0.39, 0.29) is 13.0 Å². The van der Waals surface area contributed by atoms with Gasteiger partial charge in [-0.15, -0.1) is 0 Å². The number of carbonyl (C=O) groups is 1. The molecule has 0 heterocycles. The maximum atomic E-state index is 12.7. The van der Waals surface area contributed by atoms with Crippen LogP contribution in [0.4, 0.5) is 0 Å². The molecule has 0 aromatic rings. The summed E-state index contributed by atoms with van der Waals surface area (Å²) < 4.78 is 33.9. The van der Waals surface area contributed by atoms with Crippen molar-refractivity contribution in [1.82, 2.24) is 0 Å². The topological polar surface area (TPSA) is 192 Å². The van der Waals surface area contributed by atoms with Crippen LogP contribution in [0.25, 0.3) is 0 Å². The Morgan fingerprint density at radius 1 is 0.620 bits per heavy atom. The van der Waals surface area contributed by atoms with E-state index in [0.717, 1.165) is 77.0 Å². The molecular formula is C37H69O12P. The lowest BCUT2D eigenvalue weighted by molar-refractivity contribution is -0.220. The summed E-state index contributed by atoms with van der Waals surface area (Å²) >= 11 is 0. The molecular weight excluding hydrogens is 667 g/mol. The summed E-state index contributed by atoms with van der Waals surface area (Å²) in [6, 6.07) is 0. The third kappa shape index (κ3) is 22.0. The van der Waals surface area contributed by atoms with E-state index in [1.165, 1.54) is 38.5 Å². The summed E-state index contributed by atoms with van der Waals surface area (Å²) in [4.78, 5) is 22.9. The van der Waals surface area contributed by atoms with Crippen molar-refractivity contribution in [2.24, 2.45) is 0 Å². The molecule has 13 heteroatoms. The number of allylic oxidation sites excluding steroid dienone is 4. The minimum atomic E-state index is -5.01. The maximum Gasteiger partial charge on any atom is 0.472 e. The molecule has 6 atom stereocenters. The van der Waals surface area contributed by atoms with Crippen LogP contribution in [0, 0.1) is 0 Å². The molecule has 6 unspecified atom stereocenters. The molecule has 0 aromatic heterocycles. The highest BCUT2D eigenvalue weighted by Crippen LogP contribution is 2.47. The number of phosphoric acid groups is 1. The average Bonchev–Trinajstić information content (AvgIpc) is 3.09. The van der Waals surface area contributed by atoms with Gasteiger partial charge in [0.05, 0.1) is 13.2 Å². The second kappa shape index (κ2) is 29.3. The molecule has 6 N–H and O–H groups in total. The fourth-order valence-corrected chi connectivity index (χ4v) is 6.58. The maximum absolute atomic E-state index is 12.7. The molecule has 0 aliphatic heterocycles. The van der Waals surface area contributed by atoms with Crippen molar-refractivity contribution in [1.29, 1.82) is 0 Å². The lowest BCUT2D eigenvalue weighted by Gasteiger charge is -2.41. The predicted octanol–water partition coefficient (Wildman–Crippen LogP) is 6.19. The zero-order chi connectivity index (χ0) is 37.0. The van der Waals surface area contributed by atoms with Crippen molar-refractivity contribution in [3.8, 4) is 0 Å². The Hall–Kier alpha value is -1.18. The molecule has 12 nitrogen and oxygen atoms in total. The predicted molar refractivity (Wildman–Crippen MR) is 193 cm³/mol. The van der Waals surface area contributed by atoms with E-state index in [4.69, 9.17) is 18.5 Å². The summed E-state index contributed by atoms with van der Waals surface area (Å²) in [6.07, 6.45) is 16.9. The van der Waals surface area contributed by atoms with Crippen LogP contribution in [0.5, 0.6) is 0 Å². The van der Waals surface area contributed by atoms with Gasteiger partial charge in [0.1, 0.15) is 42.7 Å². The first-order valence-corrected chi connectivity index (χ1v) is 20.7. The third-order valence-corrected chi connectivity index (χ3v) is 9.78. The number of ether oxygens (including phenoxy) is 2. The average molecular weight is 737 g/mol. The number of hydrogen-bond donors (Lipinski definition) is 6. The standard InChI is InChI=1S/C37H69O12P/c1-3-5-7-9-11-13-15-17-19-21-23-25-27-46-28-30(48-31(38)26-24-22-20-18-16-14-12-10-8-6-4-2)29-47-50(44,45)49-37-35(42)33(40)32(39)34(41)36(37)43/h9-12,30,32-37,39-43H,3-8,13-29H2,1-2H3,(H,44,45)/b11-9-,12-10-. The van der Waals surface area contributed by atoms with Crippen molar-refractivity contribution in [3.63, 3.8) is 0 Å². The van der Waals surface area contributed by atoms with E-state index in [1.54, 1.807) is 0 Å². The normalized spacial score (nSPS) is 24.6. The van der Waals surface area contributed by atoms with Crippen LogP contribution in [0.2, 0.25) is 0 Å². The zero-order valence-electron chi connectivity index (χ0n) is 30.7. The second-order valence-electron chi connectivity index (χ2n) is 13.4.